The molecule has 1 saturated heterocycles. The quantitative estimate of drug-likeness (QED) is 0.653. The highest BCUT2D eigenvalue weighted by Gasteiger charge is 2.35. The van der Waals surface area contributed by atoms with Crippen molar-refractivity contribution < 1.29 is 14.9 Å². The van der Waals surface area contributed by atoms with Crippen LogP contribution in [-0.4, -0.2) is 48.5 Å². The molecule has 4 N–H and O–H groups in total. The molecular weight excluding hydrogens is 318 g/mol. The maximum absolute atomic E-state index is 9.75. The van der Waals surface area contributed by atoms with E-state index in [1.807, 2.05) is 0 Å². The largest absolute Gasteiger partial charge is 0.394 e. The third-order valence-corrected chi connectivity index (χ3v) is 3.47. The summed E-state index contributed by atoms with van der Waals surface area (Å²) in [6, 6.07) is 0. The van der Waals surface area contributed by atoms with Gasteiger partial charge in [-0.15, -0.1) is 0 Å². The molecule has 2 aromatic rings. The first-order valence-corrected chi connectivity index (χ1v) is 6.49. The molecule has 0 spiro atoms. The fourth-order valence-corrected chi connectivity index (χ4v) is 2.53. The van der Waals surface area contributed by atoms with Crippen molar-refractivity contribution in [3.8, 4) is 0 Å². The molecule has 1 aliphatic rings. The third-order valence-electron chi connectivity index (χ3n) is 3.12. The SMILES string of the molecule is Nc1nc(Br)nc2c1ncn2[C@@H]1C[C@@H](O)[C@H](CO)O1. The molecule has 3 heterocycles. The first-order valence-electron chi connectivity index (χ1n) is 5.70. The van der Waals surface area contributed by atoms with E-state index in [0.29, 0.717) is 22.3 Å². The lowest BCUT2D eigenvalue weighted by Crippen LogP contribution is -2.24. The zero-order valence-electron chi connectivity index (χ0n) is 9.77. The second-order valence-corrected chi connectivity index (χ2v) is 5.03. The average molecular weight is 330 g/mol. The van der Waals surface area contributed by atoms with E-state index in [0.717, 1.165) is 0 Å². The second-order valence-electron chi connectivity index (χ2n) is 4.32. The van der Waals surface area contributed by atoms with Crippen molar-refractivity contribution in [3.63, 3.8) is 0 Å². The van der Waals surface area contributed by atoms with Gasteiger partial charge in [-0.3, -0.25) is 4.57 Å². The van der Waals surface area contributed by atoms with Crippen LogP contribution in [0.25, 0.3) is 11.2 Å². The molecule has 0 amide bonds. The number of fused-ring (bicyclic) bond motifs is 1. The molecule has 0 radical (unpaired) electrons. The van der Waals surface area contributed by atoms with E-state index >= 15 is 0 Å². The van der Waals surface area contributed by atoms with Crippen LogP contribution in [0.4, 0.5) is 5.82 Å². The summed E-state index contributed by atoms with van der Waals surface area (Å²) >= 11 is 3.17. The minimum atomic E-state index is -0.713. The summed E-state index contributed by atoms with van der Waals surface area (Å²) < 4.78 is 7.60. The first kappa shape index (κ1) is 12.7. The lowest BCUT2D eigenvalue weighted by atomic mass is 10.2. The molecule has 0 bridgehead atoms. The van der Waals surface area contributed by atoms with Gasteiger partial charge in [0.05, 0.1) is 19.0 Å². The monoisotopic (exact) mass is 329 g/mol. The van der Waals surface area contributed by atoms with E-state index in [2.05, 4.69) is 30.9 Å². The van der Waals surface area contributed by atoms with Crippen molar-refractivity contribution in [2.24, 2.45) is 0 Å². The summed E-state index contributed by atoms with van der Waals surface area (Å²) in [6.07, 6.45) is 0.163. The Morgan fingerprint density at radius 2 is 2.32 bits per heavy atom. The van der Waals surface area contributed by atoms with E-state index in [9.17, 15) is 5.11 Å². The Morgan fingerprint density at radius 3 is 3.00 bits per heavy atom. The maximum atomic E-state index is 9.75. The number of halogens is 1. The lowest BCUT2D eigenvalue weighted by molar-refractivity contribution is -0.0432. The predicted molar refractivity (Wildman–Crippen MR) is 69.1 cm³/mol. The van der Waals surface area contributed by atoms with Gasteiger partial charge in [0.1, 0.15) is 17.8 Å². The number of imidazole rings is 1. The number of nitrogens with two attached hydrogens (primary N) is 1. The van der Waals surface area contributed by atoms with Crippen LogP contribution in [0.3, 0.4) is 0 Å². The fourth-order valence-electron chi connectivity index (χ4n) is 2.17. The number of aliphatic hydroxyl groups excluding tert-OH is 2. The van der Waals surface area contributed by atoms with Gasteiger partial charge in [-0.25, -0.2) is 15.0 Å². The highest BCUT2D eigenvalue weighted by molar-refractivity contribution is 9.10. The molecule has 0 aliphatic carbocycles. The van der Waals surface area contributed by atoms with E-state index in [4.69, 9.17) is 15.6 Å². The molecule has 3 rings (SSSR count). The predicted octanol–water partition coefficient (Wildman–Crippen LogP) is -0.188. The van der Waals surface area contributed by atoms with Gasteiger partial charge < -0.3 is 20.7 Å². The van der Waals surface area contributed by atoms with Crippen LogP contribution in [0, 0.1) is 0 Å². The van der Waals surface area contributed by atoms with E-state index in [-0.39, 0.29) is 12.4 Å². The Morgan fingerprint density at radius 1 is 1.53 bits per heavy atom. The molecule has 1 fully saturated rings. The molecule has 1 aliphatic heterocycles. The maximum Gasteiger partial charge on any atom is 0.200 e. The van der Waals surface area contributed by atoms with Crippen LogP contribution in [0.2, 0.25) is 0 Å². The molecule has 0 unspecified atom stereocenters. The smallest absolute Gasteiger partial charge is 0.200 e. The van der Waals surface area contributed by atoms with Crippen LogP contribution < -0.4 is 5.73 Å². The Kier molecular flexibility index (Phi) is 3.13. The van der Waals surface area contributed by atoms with Crippen molar-refractivity contribution in [2.45, 2.75) is 24.9 Å². The van der Waals surface area contributed by atoms with Crippen LogP contribution >= 0.6 is 15.9 Å². The molecular formula is C10H12BrN5O3. The average Bonchev–Trinajstić information content (AvgIpc) is 2.92. The van der Waals surface area contributed by atoms with E-state index in [1.54, 1.807) is 10.9 Å². The Bertz CT molecular complexity index is 618. The summed E-state index contributed by atoms with van der Waals surface area (Å²) in [4.78, 5) is 12.3. The van der Waals surface area contributed by atoms with Crippen LogP contribution in [0.5, 0.6) is 0 Å². The number of hydrogen-bond donors (Lipinski definition) is 3. The minimum absolute atomic E-state index is 0.231. The number of rotatable bonds is 2. The van der Waals surface area contributed by atoms with Crippen molar-refractivity contribution in [1.29, 1.82) is 0 Å². The van der Waals surface area contributed by atoms with Gasteiger partial charge in [-0.1, -0.05) is 0 Å². The standard InChI is InChI=1S/C10H12BrN5O3/c11-10-14-8(12)7-9(15-10)16(3-13-7)6-1-4(18)5(2-17)19-6/h3-6,17-18H,1-2H2,(H2,12,14,15)/t4-,5+,6+/m1/s1. The van der Waals surface area contributed by atoms with Crippen LogP contribution in [0.1, 0.15) is 12.6 Å². The molecule has 8 nitrogen and oxygen atoms in total. The Balaban J connectivity index is 2.02. The number of hydrogen-bond acceptors (Lipinski definition) is 7. The van der Waals surface area contributed by atoms with Crippen molar-refractivity contribution in [1.82, 2.24) is 19.5 Å². The van der Waals surface area contributed by atoms with Gasteiger partial charge in [-0.05, 0) is 15.9 Å². The molecule has 0 saturated carbocycles. The fraction of sp³-hybridized carbons (Fsp3) is 0.500. The molecule has 9 heteroatoms. The van der Waals surface area contributed by atoms with Gasteiger partial charge >= 0.3 is 0 Å². The number of aromatic nitrogens is 4. The number of nitrogens with zero attached hydrogens (tertiary/aromatic N) is 4. The van der Waals surface area contributed by atoms with Gasteiger partial charge in [0.25, 0.3) is 0 Å². The highest BCUT2D eigenvalue weighted by atomic mass is 79.9. The first-order chi connectivity index (χ1) is 9.10. The van der Waals surface area contributed by atoms with Gasteiger partial charge in [0.2, 0.25) is 4.73 Å². The summed E-state index contributed by atoms with van der Waals surface area (Å²) in [5.74, 6) is 0.271. The Hall–Kier alpha value is -1.29. The third kappa shape index (κ3) is 2.08. The zero-order chi connectivity index (χ0) is 13.6. The highest BCUT2D eigenvalue weighted by Crippen LogP contribution is 2.31. The van der Waals surface area contributed by atoms with Crippen molar-refractivity contribution in [3.05, 3.63) is 11.1 Å². The van der Waals surface area contributed by atoms with Crippen molar-refractivity contribution in [2.75, 3.05) is 12.3 Å². The number of aliphatic hydroxyl groups is 2. The van der Waals surface area contributed by atoms with Gasteiger partial charge in [0, 0.05) is 6.42 Å². The number of anilines is 1. The molecule has 2 aromatic heterocycles. The summed E-state index contributed by atoms with van der Waals surface area (Å²) in [5.41, 5.74) is 6.77. The van der Waals surface area contributed by atoms with Crippen LogP contribution in [0.15, 0.2) is 11.1 Å². The summed E-state index contributed by atoms with van der Waals surface area (Å²) in [7, 11) is 0. The molecule has 19 heavy (non-hydrogen) atoms. The van der Waals surface area contributed by atoms with E-state index in [1.165, 1.54) is 0 Å². The van der Waals surface area contributed by atoms with Gasteiger partial charge in [-0.2, -0.15) is 0 Å². The minimum Gasteiger partial charge on any atom is -0.394 e. The van der Waals surface area contributed by atoms with E-state index < -0.39 is 18.4 Å². The summed E-state index contributed by atoms with van der Waals surface area (Å²) in [5, 5.41) is 18.8. The van der Waals surface area contributed by atoms with Crippen LogP contribution in [-0.2, 0) is 4.74 Å². The number of ether oxygens (including phenoxy) is 1. The van der Waals surface area contributed by atoms with Gasteiger partial charge in [0.15, 0.2) is 11.5 Å². The molecule has 102 valence electrons. The topological polar surface area (TPSA) is 119 Å². The lowest BCUT2D eigenvalue weighted by Gasteiger charge is -2.13. The molecule has 0 aromatic carbocycles. The number of nitrogen functional groups attached to an aromatic ring is 1. The second kappa shape index (κ2) is 4.67. The Labute approximate surface area is 116 Å². The molecule has 3 atom stereocenters. The van der Waals surface area contributed by atoms with Crippen molar-refractivity contribution >= 4 is 32.9 Å². The summed E-state index contributed by atoms with van der Waals surface area (Å²) in [6.45, 7) is -0.231. The zero-order valence-corrected chi connectivity index (χ0v) is 11.4. The normalized spacial score (nSPS) is 27.2.